The minimum Gasteiger partial charge on any atom is -0.372 e. The van der Waals surface area contributed by atoms with Crippen LogP contribution in [0.1, 0.15) is 36.5 Å². The summed E-state index contributed by atoms with van der Waals surface area (Å²) in [6.45, 7) is 8.83. The first-order valence-electron chi connectivity index (χ1n) is 7.91. The topological polar surface area (TPSA) is 3.24 Å². The molecule has 0 unspecified atom stereocenters. The molecule has 1 fully saturated rings. The molecule has 1 heteroatoms. The van der Waals surface area contributed by atoms with Crippen LogP contribution in [0.5, 0.6) is 0 Å². The monoisotopic (exact) mass is 277 g/mol. The Hall–Kier alpha value is -2.02. The summed E-state index contributed by atoms with van der Waals surface area (Å²) in [5.74, 6) is 0. The van der Waals surface area contributed by atoms with E-state index in [9.17, 15) is 0 Å². The Labute approximate surface area is 127 Å². The van der Waals surface area contributed by atoms with Crippen molar-refractivity contribution in [3.05, 3.63) is 71.8 Å². The Bertz CT molecular complexity index is 601. The van der Waals surface area contributed by atoms with Crippen LogP contribution in [0, 0.1) is 0 Å². The summed E-state index contributed by atoms with van der Waals surface area (Å²) >= 11 is 0. The van der Waals surface area contributed by atoms with Crippen molar-refractivity contribution in [1.29, 1.82) is 0 Å². The van der Waals surface area contributed by atoms with Gasteiger partial charge in [-0.3, -0.25) is 0 Å². The molecule has 0 aromatic heterocycles. The van der Waals surface area contributed by atoms with Gasteiger partial charge in [0, 0.05) is 18.8 Å². The summed E-state index contributed by atoms with van der Waals surface area (Å²) in [6, 6.07) is 17.6. The largest absolute Gasteiger partial charge is 0.372 e. The summed E-state index contributed by atoms with van der Waals surface area (Å²) in [6.07, 6.45) is 3.72. The fourth-order valence-electron chi connectivity index (χ4n) is 2.96. The summed E-state index contributed by atoms with van der Waals surface area (Å²) in [5, 5.41) is 0. The molecule has 0 spiro atoms. The van der Waals surface area contributed by atoms with Gasteiger partial charge in [-0.15, -0.1) is 0 Å². The predicted octanol–water partition coefficient (Wildman–Crippen LogP) is 4.91. The van der Waals surface area contributed by atoms with Gasteiger partial charge in [0.25, 0.3) is 0 Å². The minimum absolute atomic E-state index is 1.08. The third kappa shape index (κ3) is 3.02. The van der Waals surface area contributed by atoms with Gasteiger partial charge in [0.2, 0.25) is 0 Å². The second-order valence-electron chi connectivity index (χ2n) is 5.77. The van der Waals surface area contributed by atoms with Crippen LogP contribution in [0.2, 0.25) is 0 Å². The van der Waals surface area contributed by atoms with E-state index in [0.29, 0.717) is 0 Å². The van der Waals surface area contributed by atoms with Crippen molar-refractivity contribution in [3.8, 4) is 0 Å². The number of benzene rings is 2. The first-order chi connectivity index (χ1) is 10.3. The number of hydrogen-bond donors (Lipinski definition) is 0. The lowest BCUT2D eigenvalue weighted by Gasteiger charge is -2.18. The molecule has 1 aliphatic heterocycles. The smallest absolute Gasteiger partial charge is 0.0366 e. The third-order valence-electron chi connectivity index (χ3n) is 4.40. The van der Waals surface area contributed by atoms with E-state index in [1.54, 1.807) is 0 Å². The van der Waals surface area contributed by atoms with Crippen molar-refractivity contribution in [2.24, 2.45) is 0 Å². The molecule has 108 valence electrons. The molecule has 0 radical (unpaired) electrons. The first kappa shape index (κ1) is 13.9. The average Bonchev–Trinajstić information content (AvgIpc) is 3.09. The predicted molar refractivity (Wildman–Crippen MR) is 91.8 cm³/mol. The second-order valence-corrected chi connectivity index (χ2v) is 5.77. The van der Waals surface area contributed by atoms with Gasteiger partial charge in [-0.25, -0.2) is 0 Å². The lowest BCUT2D eigenvalue weighted by molar-refractivity contribution is 0.949. The van der Waals surface area contributed by atoms with Gasteiger partial charge in [-0.1, -0.05) is 49.9 Å². The van der Waals surface area contributed by atoms with Gasteiger partial charge in [-0.2, -0.15) is 0 Å². The first-order valence-corrected chi connectivity index (χ1v) is 7.91. The molecule has 0 N–H and O–H groups in total. The molecule has 1 aliphatic rings. The third-order valence-corrected chi connectivity index (χ3v) is 4.40. The van der Waals surface area contributed by atoms with Crippen LogP contribution >= 0.6 is 0 Å². The lowest BCUT2D eigenvalue weighted by atomic mass is 9.98. The zero-order valence-electron chi connectivity index (χ0n) is 12.8. The Balaban J connectivity index is 1.77. The van der Waals surface area contributed by atoms with Crippen LogP contribution < -0.4 is 4.90 Å². The maximum atomic E-state index is 4.26. The molecule has 0 atom stereocenters. The highest BCUT2D eigenvalue weighted by atomic mass is 15.1. The number of hydrogen-bond acceptors (Lipinski definition) is 1. The van der Waals surface area contributed by atoms with Crippen LogP contribution in [0.4, 0.5) is 5.69 Å². The van der Waals surface area contributed by atoms with E-state index < -0.39 is 0 Å². The van der Waals surface area contributed by atoms with Crippen molar-refractivity contribution in [2.45, 2.75) is 26.2 Å². The van der Waals surface area contributed by atoms with E-state index in [2.05, 4.69) is 66.9 Å². The number of nitrogens with zero attached hydrogens (tertiary/aromatic N) is 1. The molecule has 1 heterocycles. The molecule has 21 heavy (non-hydrogen) atoms. The fraction of sp³-hybridized carbons (Fsp3) is 0.300. The Kier molecular flexibility index (Phi) is 4.10. The summed E-state index contributed by atoms with van der Waals surface area (Å²) in [7, 11) is 0. The van der Waals surface area contributed by atoms with Crippen LogP contribution in [0.3, 0.4) is 0 Å². The summed E-state index contributed by atoms with van der Waals surface area (Å²) in [4.78, 5) is 2.46. The standard InChI is InChI=1S/C20H23N/c1-3-17-6-8-18(9-7-17)16(2)19-10-12-20(13-11-19)21-14-4-5-15-21/h6-13H,2-5,14-15H2,1H3. The molecule has 2 aromatic rings. The minimum atomic E-state index is 1.08. The van der Waals surface area contributed by atoms with Crippen molar-refractivity contribution < 1.29 is 0 Å². The number of rotatable bonds is 4. The SMILES string of the molecule is C=C(c1ccc(CC)cc1)c1ccc(N2CCCC2)cc1. The van der Waals surface area contributed by atoms with E-state index in [1.165, 1.54) is 48.3 Å². The van der Waals surface area contributed by atoms with Gasteiger partial charge in [0.1, 0.15) is 0 Å². The van der Waals surface area contributed by atoms with E-state index in [1.807, 2.05) is 0 Å². The fourth-order valence-corrected chi connectivity index (χ4v) is 2.96. The van der Waals surface area contributed by atoms with Crippen molar-refractivity contribution >= 4 is 11.3 Å². The zero-order valence-corrected chi connectivity index (χ0v) is 12.8. The van der Waals surface area contributed by atoms with E-state index in [4.69, 9.17) is 0 Å². The van der Waals surface area contributed by atoms with Crippen LogP contribution in [-0.4, -0.2) is 13.1 Å². The highest BCUT2D eigenvalue weighted by molar-refractivity contribution is 5.78. The van der Waals surface area contributed by atoms with Gasteiger partial charge in [0.15, 0.2) is 0 Å². The van der Waals surface area contributed by atoms with Crippen LogP contribution in [0.25, 0.3) is 5.57 Å². The van der Waals surface area contributed by atoms with Crippen LogP contribution in [0.15, 0.2) is 55.1 Å². The van der Waals surface area contributed by atoms with E-state index >= 15 is 0 Å². The van der Waals surface area contributed by atoms with Crippen molar-refractivity contribution in [2.75, 3.05) is 18.0 Å². The lowest BCUT2D eigenvalue weighted by Crippen LogP contribution is -2.17. The molecular formula is C20H23N. The number of aryl methyl sites for hydroxylation is 1. The van der Waals surface area contributed by atoms with Gasteiger partial charge in [-0.05, 0) is 53.7 Å². The Morgan fingerprint density at radius 3 is 1.95 bits per heavy atom. The van der Waals surface area contributed by atoms with E-state index in [0.717, 1.165) is 12.0 Å². The number of anilines is 1. The van der Waals surface area contributed by atoms with Crippen molar-refractivity contribution in [1.82, 2.24) is 0 Å². The second kappa shape index (κ2) is 6.17. The van der Waals surface area contributed by atoms with Crippen molar-refractivity contribution in [3.63, 3.8) is 0 Å². The molecule has 0 saturated carbocycles. The quantitative estimate of drug-likeness (QED) is 0.767. The van der Waals surface area contributed by atoms with Gasteiger partial charge < -0.3 is 4.90 Å². The molecule has 3 rings (SSSR count). The van der Waals surface area contributed by atoms with E-state index in [-0.39, 0.29) is 0 Å². The summed E-state index contributed by atoms with van der Waals surface area (Å²) in [5.41, 5.74) is 6.23. The zero-order chi connectivity index (χ0) is 14.7. The molecule has 0 bridgehead atoms. The molecule has 0 aliphatic carbocycles. The normalized spacial score (nSPS) is 14.4. The molecule has 1 saturated heterocycles. The maximum absolute atomic E-state index is 4.26. The Morgan fingerprint density at radius 1 is 0.905 bits per heavy atom. The highest BCUT2D eigenvalue weighted by Crippen LogP contribution is 2.26. The molecule has 0 amide bonds. The molecule has 2 aromatic carbocycles. The Morgan fingerprint density at radius 2 is 1.43 bits per heavy atom. The molecular weight excluding hydrogens is 254 g/mol. The highest BCUT2D eigenvalue weighted by Gasteiger charge is 2.12. The van der Waals surface area contributed by atoms with Gasteiger partial charge >= 0.3 is 0 Å². The van der Waals surface area contributed by atoms with Crippen LogP contribution in [-0.2, 0) is 6.42 Å². The summed E-state index contributed by atoms with van der Waals surface area (Å²) < 4.78 is 0. The van der Waals surface area contributed by atoms with Gasteiger partial charge in [0.05, 0.1) is 0 Å². The average molecular weight is 277 g/mol. The maximum Gasteiger partial charge on any atom is 0.0366 e. The molecule has 1 nitrogen and oxygen atoms in total.